The predicted molar refractivity (Wildman–Crippen MR) is 125 cm³/mol. The van der Waals surface area contributed by atoms with Gasteiger partial charge < -0.3 is 19.4 Å². The van der Waals surface area contributed by atoms with E-state index in [4.69, 9.17) is 9.47 Å². The van der Waals surface area contributed by atoms with E-state index in [0.717, 1.165) is 41.1 Å². The zero-order chi connectivity index (χ0) is 23.1. The summed E-state index contributed by atoms with van der Waals surface area (Å²) in [5.74, 6) is 0.413. The number of carbonyl (C=O) groups excluding carboxylic acids is 1. The summed E-state index contributed by atoms with van der Waals surface area (Å²) in [6.07, 6.45) is 6.45. The maximum absolute atomic E-state index is 12.8. The van der Waals surface area contributed by atoms with Crippen molar-refractivity contribution in [3.05, 3.63) is 58.4 Å². The maximum atomic E-state index is 12.8. The van der Waals surface area contributed by atoms with E-state index in [0.29, 0.717) is 13.2 Å². The first-order valence-electron chi connectivity index (χ1n) is 11.3. The molecule has 1 aromatic heterocycles. The van der Waals surface area contributed by atoms with Crippen LogP contribution in [0.15, 0.2) is 35.9 Å². The van der Waals surface area contributed by atoms with Gasteiger partial charge in [0.1, 0.15) is 17.4 Å². The number of amides is 1. The van der Waals surface area contributed by atoms with Crippen LogP contribution in [0.3, 0.4) is 0 Å². The Bertz CT molecular complexity index is 1010. The molecule has 170 valence electrons. The van der Waals surface area contributed by atoms with Crippen LogP contribution in [0, 0.1) is 25.2 Å². The lowest BCUT2D eigenvalue weighted by atomic mass is 10.1. The zero-order valence-corrected chi connectivity index (χ0v) is 19.5. The van der Waals surface area contributed by atoms with Crippen LogP contribution in [0.2, 0.25) is 0 Å². The third-order valence-electron chi connectivity index (χ3n) is 6.04. The lowest BCUT2D eigenvalue weighted by Gasteiger charge is -2.17. The van der Waals surface area contributed by atoms with E-state index in [-0.39, 0.29) is 17.7 Å². The number of rotatable bonds is 9. The summed E-state index contributed by atoms with van der Waals surface area (Å²) in [4.78, 5) is 12.8. The summed E-state index contributed by atoms with van der Waals surface area (Å²) < 4.78 is 13.6. The fraction of sp³-hybridized carbons (Fsp3) is 0.462. The molecule has 1 amide bonds. The van der Waals surface area contributed by atoms with Gasteiger partial charge in [0, 0.05) is 30.6 Å². The van der Waals surface area contributed by atoms with Crippen molar-refractivity contribution in [3.8, 4) is 11.8 Å². The quantitative estimate of drug-likeness (QED) is 0.451. The molecule has 1 atom stereocenters. The molecule has 1 aromatic carbocycles. The van der Waals surface area contributed by atoms with Crippen molar-refractivity contribution < 1.29 is 14.3 Å². The van der Waals surface area contributed by atoms with Crippen LogP contribution in [-0.4, -0.2) is 30.3 Å². The van der Waals surface area contributed by atoms with Gasteiger partial charge in [0.25, 0.3) is 5.91 Å². The maximum Gasteiger partial charge on any atom is 0.262 e. The van der Waals surface area contributed by atoms with Gasteiger partial charge in [0.05, 0.1) is 18.8 Å². The smallest absolute Gasteiger partial charge is 0.262 e. The van der Waals surface area contributed by atoms with Gasteiger partial charge in [-0.05, 0) is 70.2 Å². The van der Waals surface area contributed by atoms with E-state index in [9.17, 15) is 10.1 Å². The summed E-state index contributed by atoms with van der Waals surface area (Å²) >= 11 is 0. The zero-order valence-electron chi connectivity index (χ0n) is 19.5. The number of hydrogen-bond acceptors (Lipinski definition) is 4. The number of carbonyl (C=O) groups is 1. The van der Waals surface area contributed by atoms with Crippen molar-refractivity contribution in [3.63, 3.8) is 0 Å². The molecule has 3 rings (SSSR count). The molecule has 0 bridgehead atoms. The number of hydrogen-bond donors (Lipinski definition) is 1. The molecule has 6 nitrogen and oxygen atoms in total. The fourth-order valence-corrected chi connectivity index (χ4v) is 4.47. The van der Waals surface area contributed by atoms with Gasteiger partial charge in [-0.15, -0.1) is 0 Å². The Labute approximate surface area is 190 Å². The summed E-state index contributed by atoms with van der Waals surface area (Å²) in [5.41, 5.74) is 3.93. The number of nitrogens with zero attached hydrogens (tertiary/aromatic N) is 2. The van der Waals surface area contributed by atoms with Gasteiger partial charge >= 0.3 is 0 Å². The van der Waals surface area contributed by atoms with Crippen LogP contribution in [0.4, 0.5) is 0 Å². The van der Waals surface area contributed by atoms with E-state index < -0.39 is 5.91 Å². The molecule has 6 heteroatoms. The first kappa shape index (κ1) is 23.6. The molecule has 1 fully saturated rings. The number of nitriles is 1. The van der Waals surface area contributed by atoms with Crippen LogP contribution < -0.4 is 10.1 Å². The van der Waals surface area contributed by atoms with Gasteiger partial charge in [-0.3, -0.25) is 4.79 Å². The minimum Gasteiger partial charge on any atom is -0.490 e. The second-order valence-corrected chi connectivity index (χ2v) is 8.49. The van der Waals surface area contributed by atoms with Crippen LogP contribution in [0.25, 0.3) is 6.08 Å². The molecule has 0 spiro atoms. The molecule has 0 aliphatic heterocycles. The largest absolute Gasteiger partial charge is 0.490 e. The highest BCUT2D eigenvalue weighted by molar-refractivity contribution is 6.01. The Morgan fingerprint density at radius 2 is 2.03 bits per heavy atom. The molecule has 2 aromatic rings. The Kier molecular flexibility index (Phi) is 8.13. The van der Waals surface area contributed by atoms with Gasteiger partial charge in [0.15, 0.2) is 0 Å². The Hall–Kier alpha value is -3.04. The van der Waals surface area contributed by atoms with E-state index in [2.05, 4.69) is 22.9 Å². The molecule has 0 radical (unpaired) electrons. The van der Waals surface area contributed by atoms with Crippen molar-refractivity contribution in [2.45, 2.75) is 65.1 Å². The second kappa shape index (κ2) is 11.0. The molecule has 1 saturated carbocycles. The SMILES string of the molecule is COCC(C)n1c(C)cc(/C=C(/C#N)C(=O)NCc2ccccc2OC2CCCC2)c1C. The average Bonchev–Trinajstić information content (AvgIpc) is 3.38. The van der Waals surface area contributed by atoms with Crippen molar-refractivity contribution in [1.29, 1.82) is 5.26 Å². The number of para-hydroxylation sites is 1. The van der Waals surface area contributed by atoms with Crippen molar-refractivity contribution in [2.24, 2.45) is 0 Å². The minimum atomic E-state index is -0.391. The third-order valence-corrected chi connectivity index (χ3v) is 6.04. The fourth-order valence-electron chi connectivity index (χ4n) is 4.47. The molecular formula is C26H33N3O3. The predicted octanol–water partition coefficient (Wildman–Crippen LogP) is 4.86. The van der Waals surface area contributed by atoms with E-state index in [1.807, 2.05) is 44.2 Å². The highest BCUT2D eigenvalue weighted by Gasteiger charge is 2.19. The molecule has 1 heterocycles. The Morgan fingerprint density at radius 3 is 2.72 bits per heavy atom. The van der Waals surface area contributed by atoms with Gasteiger partial charge in [0.2, 0.25) is 0 Å². The number of benzene rings is 1. The van der Waals surface area contributed by atoms with E-state index >= 15 is 0 Å². The third kappa shape index (κ3) is 5.60. The summed E-state index contributed by atoms with van der Waals surface area (Å²) in [7, 11) is 1.68. The second-order valence-electron chi connectivity index (χ2n) is 8.49. The number of aromatic nitrogens is 1. The topological polar surface area (TPSA) is 76.3 Å². The van der Waals surface area contributed by atoms with Crippen molar-refractivity contribution in [2.75, 3.05) is 13.7 Å². The van der Waals surface area contributed by atoms with Gasteiger partial charge in [-0.25, -0.2) is 0 Å². The number of methoxy groups -OCH3 is 1. The first-order valence-corrected chi connectivity index (χ1v) is 11.3. The summed E-state index contributed by atoms with van der Waals surface area (Å²) in [6.45, 7) is 7.00. The molecular weight excluding hydrogens is 402 g/mol. The molecule has 1 N–H and O–H groups in total. The molecule has 1 unspecified atom stereocenters. The first-order chi connectivity index (χ1) is 15.4. The lowest BCUT2D eigenvalue weighted by Crippen LogP contribution is -2.24. The summed E-state index contributed by atoms with van der Waals surface area (Å²) in [6, 6.07) is 12.0. The van der Waals surface area contributed by atoms with Crippen molar-refractivity contribution in [1.82, 2.24) is 9.88 Å². The molecule has 1 aliphatic carbocycles. The number of aryl methyl sites for hydroxylation is 1. The van der Waals surface area contributed by atoms with Gasteiger partial charge in [-0.2, -0.15) is 5.26 Å². The number of ether oxygens (including phenoxy) is 2. The van der Waals surface area contributed by atoms with Crippen LogP contribution >= 0.6 is 0 Å². The van der Waals surface area contributed by atoms with Gasteiger partial charge in [-0.1, -0.05) is 18.2 Å². The highest BCUT2D eigenvalue weighted by Crippen LogP contribution is 2.27. The monoisotopic (exact) mass is 435 g/mol. The standard InChI is InChI=1S/C26H33N3O3/c1-18-13-22(20(3)29(18)19(2)17-31-4)14-23(15-27)26(30)28-16-21-9-5-8-12-25(21)32-24-10-6-7-11-24/h5,8-9,12-14,19,24H,6-7,10-11,16-17H2,1-4H3,(H,28,30)/b23-14-. The average molecular weight is 436 g/mol. The van der Waals surface area contributed by atoms with Crippen LogP contribution in [0.5, 0.6) is 5.75 Å². The Balaban J connectivity index is 1.72. The Morgan fingerprint density at radius 1 is 1.31 bits per heavy atom. The van der Waals surface area contributed by atoms with Crippen LogP contribution in [-0.2, 0) is 16.1 Å². The highest BCUT2D eigenvalue weighted by atomic mass is 16.5. The van der Waals surface area contributed by atoms with E-state index in [1.54, 1.807) is 13.2 Å². The van der Waals surface area contributed by atoms with Crippen LogP contribution in [0.1, 0.15) is 61.2 Å². The minimum absolute atomic E-state index is 0.0823. The normalized spacial score (nSPS) is 15.4. The molecule has 0 saturated heterocycles. The molecule has 32 heavy (non-hydrogen) atoms. The molecule has 1 aliphatic rings. The van der Waals surface area contributed by atoms with Crippen molar-refractivity contribution >= 4 is 12.0 Å². The number of nitrogens with one attached hydrogen (secondary N) is 1. The summed E-state index contributed by atoms with van der Waals surface area (Å²) in [5, 5.41) is 12.5. The lowest BCUT2D eigenvalue weighted by molar-refractivity contribution is -0.117. The van der Waals surface area contributed by atoms with E-state index in [1.165, 1.54) is 12.8 Å².